The van der Waals surface area contributed by atoms with Crippen LogP contribution in [0.2, 0.25) is 5.02 Å². The van der Waals surface area contributed by atoms with Crippen molar-refractivity contribution in [3.8, 4) is 0 Å². The first kappa shape index (κ1) is 15.2. The molecule has 0 aromatic heterocycles. The van der Waals surface area contributed by atoms with E-state index in [0.717, 1.165) is 24.3 Å². The topological polar surface area (TPSA) is 41.1 Å². The van der Waals surface area contributed by atoms with Crippen LogP contribution in [0.1, 0.15) is 5.56 Å². The van der Waals surface area contributed by atoms with Crippen LogP contribution < -0.4 is 10.6 Å². The highest BCUT2D eigenvalue weighted by Gasteiger charge is 2.09. The van der Waals surface area contributed by atoms with Crippen LogP contribution in [0.5, 0.6) is 0 Å². The van der Waals surface area contributed by atoms with Crippen LogP contribution >= 0.6 is 11.6 Å². The van der Waals surface area contributed by atoms with Gasteiger partial charge in [0, 0.05) is 17.6 Å². The lowest BCUT2D eigenvalue weighted by molar-refractivity contribution is 0.251. The minimum Gasteiger partial charge on any atom is -0.334 e. The average molecular weight is 315 g/mol. The normalized spacial score (nSPS) is 10.3. The molecule has 2 aromatic rings. The van der Waals surface area contributed by atoms with Crippen molar-refractivity contribution in [3.05, 3.63) is 64.4 Å². The quantitative estimate of drug-likeness (QED) is 0.880. The second-order valence-corrected chi connectivity index (χ2v) is 4.57. The molecule has 0 radical (unpaired) electrons. The fourth-order valence-corrected chi connectivity index (χ4v) is 1.83. The van der Waals surface area contributed by atoms with E-state index >= 15 is 0 Å². The molecule has 0 aliphatic heterocycles. The van der Waals surface area contributed by atoms with Crippen molar-refractivity contribution in [2.75, 3.05) is 5.32 Å². The number of nitrogens with one attached hydrogen (secondary N) is 2. The van der Waals surface area contributed by atoms with E-state index in [-0.39, 0.29) is 17.3 Å². The van der Waals surface area contributed by atoms with Gasteiger partial charge in [-0.15, -0.1) is 0 Å². The summed E-state index contributed by atoms with van der Waals surface area (Å²) in [4.78, 5) is 11.6. The molecule has 0 aliphatic rings. The first-order chi connectivity index (χ1) is 9.95. The molecule has 110 valence electrons. The van der Waals surface area contributed by atoms with Crippen LogP contribution in [0.25, 0.3) is 0 Å². The monoisotopic (exact) mass is 314 g/mol. The third-order valence-electron chi connectivity index (χ3n) is 2.63. The maximum Gasteiger partial charge on any atom is 0.319 e. The zero-order chi connectivity index (χ0) is 15.4. The summed E-state index contributed by atoms with van der Waals surface area (Å²) in [6.45, 7) is 0.0158. The fourth-order valence-electron chi connectivity index (χ4n) is 1.60. The van der Waals surface area contributed by atoms with E-state index in [9.17, 15) is 18.0 Å². The van der Waals surface area contributed by atoms with E-state index < -0.39 is 23.5 Å². The Hall–Kier alpha value is -2.21. The van der Waals surface area contributed by atoms with Crippen LogP contribution in [-0.4, -0.2) is 6.03 Å². The molecule has 0 saturated heterocycles. The van der Waals surface area contributed by atoms with Gasteiger partial charge in [0.15, 0.2) is 0 Å². The van der Waals surface area contributed by atoms with Crippen molar-refractivity contribution in [1.82, 2.24) is 5.32 Å². The molecule has 2 N–H and O–H groups in total. The summed E-state index contributed by atoms with van der Waals surface area (Å²) in [6.07, 6.45) is 0. The Balaban J connectivity index is 1.97. The summed E-state index contributed by atoms with van der Waals surface area (Å²) in [7, 11) is 0. The van der Waals surface area contributed by atoms with Gasteiger partial charge >= 0.3 is 6.03 Å². The molecule has 7 heteroatoms. The lowest BCUT2D eigenvalue weighted by Gasteiger charge is -2.09. The highest BCUT2D eigenvalue weighted by atomic mass is 35.5. The molecular weight excluding hydrogens is 305 g/mol. The molecular formula is C14H10ClF3N2O. The van der Waals surface area contributed by atoms with Gasteiger partial charge in [-0.05, 0) is 29.8 Å². The molecule has 0 atom stereocenters. The van der Waals surface area contributed by atoms with E-state index in [1.807, 2.05) is 0 Å². The minimum atomic E-state index is -0.758. The lowest BCUT2D eigenvalue weighted by Crippen LogP contribution is -2.28. The third kappa shape index (κ3) is 4.13. The number of carbonyl (C=O) groups is 1. The van der Waals surface area contributed by atoms with E-state index in [2.05, 4.69) is 10.6 Å². The van der Waals surface area contributed by atoms with Crippen molar-refractivity contribution in [3.63, 3.8) is 0 Å². The van der Waals surface area contributed by atoms with Gasteiger partial charge in [0.2, 0.25) is 0 Å². The van der Waals surface area contributed by atoms with Gasteiger partial charge in [0.25, 0.3) is 0 Å². The molecule has 0 fully saturated rings. The number of carbonyl (C=O) groups excluding carboxylic acids is 1. The van der Waals surface area contributed by atoms with Crippen LogP contribution in [0.3, 0.4) is 0 Å². The minimum absolute atomic E-state index is 0.0158. The summed E-state index contributed by atoms with van der Waals surface area (Å²) in [5, 5.41) is 4.74. The lowest BCUT2D eigenvalue weighted by atomic mass is 10.2. The molecule has 0 bridgehead atoms. The van der Waals surface area contributed by atoms with Crippen LogP contribution in [0.4, 0.5) is 23.7 Å². The van der Waals surface area contributed by atoms with Crippen molar-refractivity contribution < 1.29 is 18.0 Å². The highest BCUT2D eigenvalue weighted by molar-refractivity contribution is 6.31. The maximum absolute atomic E-state index is 13.3. The smallest absolute Gasteiger partial charge is 0.319 e. The van der Waals surface area contributed by atoms with E-state index in [0.29, 0.717) is 5.56 Å². The standard InChI is InChI=1S/C14H10ClF3N2O/c15-11-5-9(16)2-1-8(11)7-19-14(21)20-13-6-10(17)3-4-12(13)18/h1-6H,7H2,(H2,19,20,21). The summed E-state index contributed by atoms with van der Waals surface area (Å²) in [5.41, 5.74) is 0.214. The number of urea groups is 1. The summed E-state index contributed by atoms with van der Waals surface area (Å²) in [6, 6.07) is 5.70. The molecule has 2 aromatic carbocycles. The predicted octanol–water partition coefficient (Wildman–Crippen LogP) is 4.08. The Morgan fingerprint density at radius 1 is 1.05 bits per heavy atom. The first-order valence-corrected chi connectivity index (χ1v) is 6.27. The first-order valence-electron chi connectivity index (χ1n) is 5.89. The number of anilines is 1. The maximum atomic E-state index is 13.3. The van der Waals surface area contributed by atoms with Gasteiger partial charge in [0.05, 0.1) is 5.69 Å². The number of hydrogen-bond donors (Lipinski definition) is 2. The Kier molecular flexibility index (Phi) is 4.70. The van der Waals surface area contributed by atoms with Gasteiger partial charge in [0.1, 0.15) is 17.5 Å². The van der Waals surface area contributed by atoms with Gasteiger partial charge in [-0.25, -0.2) is 18.0 Å². The van der Waals surface area contributed by atoms with Crippen LogP contribution in [0.15, 0.2) is 36.4 Å². The second kappa shape index (κ2) is 6.49. The Bertz CT molecular complexity index is 679. The molecule has 0 saturated carbocycles. The molecule has 21 heavy (non-hydrogen) atoms. The highest BCUT2D eigenvalue weighted by Crippen LogP contribution is 2.17. The van der Waals surface area contributed by atoms with Crippen LogP contribution in [-0.2, 0) is 6.54 Å². The van der Waals surface area contributed by atoms with Crippen molar-refractivity contribution in [2.45, 2.75) is 6.54 Å². The predicted molar refractivity (Wildman–Crippen MR) is 73.6 cm³/mol. The molecule has 2 amide bonds. The third-order valence-corrected chi connectivity index (χ3v) is 2.98. The largest absolute Gasteiger partial charge is 0.334 e. The SMILES string of the molecule is O=C(NCc1ccc(F)cc1Cl)Nc1cc(F)ccc1F. The molecule has 0 heterocycles. The molecule has 0 unspecified atom stereocenters. The Morgan fingerprint density at radius 3 is 2.43 bits per heavy atom. The van der Waals surface area contributed by atoms with Gasteiger partial charge < -0.3 is 10.6 Å². The zero-order valence-electron chi connectivity index (χ0n) is 10.6. The van der Waals surface area contributed by atoms with E-state index in [1.165, 1.54) is 12.1 Å². The number of hydrogen-bond acceptors (Lipinski definition) is 1. The number of halogens is 4. The van der Waals surface area contributed by atoms with E-state index in [1.54, 1.807) is 0 Å². The average Bonchev–Trinajstić information content (AvgIpc) is 2.42. The van der Waals surface area contributed by atoms with Gasteiger partial charge in [-0.1, -0.05) is 17.7 Å². The van der Waals surface area contributed by atoms with Gasteiger partial charge in [-0.2, -0.15) is 0 Å². The number of benzene rings is 2. The Labute approximate surface area is 123 Å². The number of amides is 2. The van der Waals surface area contributed by atoms with Crippen molar-refractivity contribution in [2.24, 2.45) is 0 Å². The summed E-state index contributed by atoms with van der Waals surface area (Å²) in [5.74, 6) is -1.92. The molecule has 0 spiro atoms. The van der Waals surface area contributed by atoms with Crippen LogP contribution in [0, 0.1) is 17.5 Å². The summed E-state index contributed by atoms with van der Waals surface area (Å²) >= 11 is 5.80. The van der Waals surface area contributed by atoms with E-state index in [4.69, 9.17) is 11.6 Å². The summed E-state index contributed by atoms with van der Waals surface area (Å²) < 4.78 is 39.1. The van der Waals surface area contributed by atoms with Crippen molar-refractivity contribution >= 4 is 23.3 Å². The van der Waals surface area contributed by atoms with Gasteiger partial charge in [-0.3, -0.25) is 0 Å². The Morgan fingerprint density at radius 2 is 1.71 bits per heavy atom. The zero-order valence-corrected chi connectivity index (χ0v) is 11.3. The molecule has 0 aliphatic carbocycles. The van der Waals surface area contributed by atoms with Crippen molar-refractivity contribution in [1.29, 1.82) is 0 Å². The second-order valence-electron chi connectivity index (χ2n) is 4.17. The fraction of sp³-hybridized carbons (Fsp3) is 0.0714. The molecule has 3 nitrogen and oxygen atoms in total. The number of rotatable bonds is 3. The molecule has 2 rings (SSSR count).